The Hall–Kier alpha value is -2.04. The highest BCUT2D eigenvalue weighted by atomic mass is 35.5. The van der Waals surface area contributed by atoms with Crippen LogP contribution in [0.25, 0.3) is 11.1 Å². The summed E-state index contributed by atoms with van der Waals surface area (Å²) in [7, 11) is 0. The average molecular weight is 432 g/mol. The molecule has 2 atom stereocenters. The van der Waals surface area contributed by atoms with Crippen LogP contribution in [0.15, 0.2) is 36.4 Å². The Morgan fingerprint density at radius 3 is 2.48 bits per heavy atom. The highest BCUT2D eigenvalue weighted by Crippen LogP contribution is 2.45. The molecule has 1 amide bonds. The number of hydrogen-bond acceptors (Lipinski definition) is 3. The van der Waals surface area contributed by atoms with Crippen LogP contribution in [0.3, 0.4) is 0 Å². The molecule has 1 aliphatic heterocycles. The molecule has 2 aliphatic rings. The summed E-state index contributed by atoms with van der Waals surface area (Å²) in [5.74, 6) is 0.0620. The molecule has 0 saturated carbocycles. The topological polar surface area (TPSA) is 46.6 Å². The lowest BCUT2D eigenvalue weighted by Gasteiger charge is -2.35. The summed E-state index contributed by atoms with van der Waals surface area (Å²) in [6.07, 6.45) is 0.322. The third-order valence-corrected chi connectivity index (χ3v) is 6.11. The molecule has 4 nitrogen and oxygen atoms in total. The molecule has 0 bridgehead atoms. The van der Waals surface area contributed by atoms with Gasteiger partial charge in [-0.2, -0.15) is 0 Å². The zero-order chi connectivity index (χ0) is 20.9. The quantitative estimate of drug-likeness (QED) is 0.539. The lowest BCUT2D eigenvalue weighted by Crippen LogP contribution is -2.44. The molecule has 2 unspecified atom stereocenters. The highest BCUT2D eigenvalue weighted by molar-refractivity contribution is 6.36. The summed E-state index contributed by atoms with van der Waals surface area (Å²) in [5, 5.41) is 1.15. The first-order chi connectivity index (χ1) is 13.6. The number of Topliss-reactive ketones (excluding diaryl/α,β-unsaturated/α-hetero) is 1. The number of ketones is 1. The van der Waals surface area contributed by atoms with Crippen molar-refractivity contribution in [2.45, 2.75) is 38.7 Å². The van der Waals surface area contributed by atoms with E-state index in [0.717, 1.165) is 22.3 Å². The van der Waals surface area contributed by atoms with E-state index >= 15 is 0 Å². The van der Waals surface area contributed by atoms with E-state index in [9.17, 15) is 9.59 Å². The van der Waals surface area contributed by atoms with Crippen molar-refractivity contribution in [3.8, 4) is 11.1 Å². The van der Waals surface area contributed by atoms with Crippen molar-refractivity contribution >= 4 is 35.1 Å². The largest absolute Gasteiger partial charge is 0.444 e. The van der Waals surface area contributed by atoms with Gasteiger partial charge in [-0.3, -0.25) is 4.79 Å². The van der Waals surface area contributed by atoms with Gasteiger partial charge in [-0.15, -0.1) is 0 Å². The molecule has 29 heavy (non-hydrogen) atoms. The fourth-order valence-corrected chi connectivity index (χ4v) is 4.78. The Morgan fingerprint density at radius 1 is 1.07 bits per heavy atom. The van der Waals surface area contributed by atoms with Crippen molar-refractivity contribution < 1.29 is 14.3 Å². The maximum atomic E-state index is 12.9. The van der Waals surface area contributed by atoms with Crippen LogP contribution in [0.1, 0.15) is 49.0 Å². The van der Waals surface area contributed by atoms with Crippen LogP contribution >= 0.6 is 23.2 Å². The number of piperidine rings is 1. The standard InChI is InChI=1S/C23H23Cl2NO3/c1-23(2,3)29-22(28)26-9-8-17-19(12-26)18-10-13(4-6-16(18)21(17)27)15-7-5-14(24)11-20(15)25/h4-7,10-11,17,19H,8-9,12H2,1-3H3. The van der Waals surface area contributed by atoms with Gasteiger partial charge in [0.05, 0.1) is 0 Å². The van der Waals surface area contributed by atoms with Gasteiger partial charge >= 0.3 is 6.09 Å². The number of rotatable bonds is 1. The second-order valence-corrected chi connectivity index (χ2v) is 9.56. The molecular formula is C23H23Cl2NO3. The number of carbonyl (C=O) groups excluding carboxylic acids is 2. The fraction of sp³-hybridized carbons (Fsp3) is 0.391. The first-order valence-corrected chi connectivity index (χ1v) is 10.5. The van der Waals surface area contributed by atoms with Gasteiger partial charge < -0.3 is 9.64 Å². The smallest absolute Gasteiger partial charge is 0.410 e. The van der Waals surface area contributed by atoms with Crippen LogP contribution in [0, 0.1) is 5.92 Å². The molecule has 2 aromatic rings. The van der Waals surface area contributed by atoms with Gasteiger partial charge in [-0.25, -0.2) is 4.79 Å². The first-order valence-electron chi connectivity index (χ1n) is 9.75. The normalized spacial score (nSPS) is 21.0. The third kappa shape index (κ3) is 3.88. The summed E-state index contributed by atoms with van der Waals surface area (Å²) in [5.41, 5.74) is 3.00. The minimum absolute atomic E-state index is 0.0233. The average Bonchev–Trinajstić information content (AvgIpc) is 2.92. The molecular weight excluding hydrogens is 409 g/mol. The van der Waals surface area contributed by atoms with Gasteiger partial charge in [0.1, 0.15) is 5.60 Å². The summed E-state index contributed by atoms with van der Waals surface area (Å²) < 4.78 is 5.53. The summed E-state index contributed by atoms with van der Waals surface area (Å²) in [4.78, 5) is 27.2. The van der Waals surface area contributed by atoms with Crippen molar-refractivity contribution in [3.63, 3.8) is 0 Å². The number of ether oxygens (including phenoxy) is 1. The van der Waals surface area contributed by atoms with Crippen LogP contribution in [-0.4, -0.2) is 35.5 Å². The monoisotopic (exact) mass is 431 g/mol. The second kappa shape index (κ2) is 7.33. The number of amides is 1. The first kappa shape index (κ1) is 20.2. The highest BCUT2D eigenvalue weighted by Gasteiger charge is 2.44. The van der Waals surface area contributed by atoms with Crippen molar-refractivity contribution in [1.29, 1.82) is 0 Å². The number of benzene rings is 2. The van der Waals surface area contributed by atoms with E-state index in [0.29, 0.717) is 29.6 Å². The summed E-state index contributed by atoms with van der Waals surface area (Å²) in [6, 6.07) is 11.2. The minimum Gasteiger partial charge on any atom is -0.444 e. The van der Waals surface area contributed by atoms with Gasteiger partial charge in [-0.1, -0.05) is 47.5 Å². The Balaban J connectivity index is 1.65. The van der Waals surface area contributed by atoms with E-state index in [1.54, 1.807) is 17.0 Å². The molecule has 0 aromatic heterocycles. The molecule has 152 valence electrons. The number of hydrogen-bond donors (Lipinski definition) is 0. The number of halogens is 2. The summed E-state index contributed by atoms with van der Waals surface area (Å²) >= 11 is 12.4. The van der Waals surface area contributed by atoms with Crippen molar-refractivity contribution in [2.24, 2.45) is 5.92 Å². The molecule has 0 radical (unpaired) electrons. The van der Waals surface area contributed by atoms with E-state index < -0.39 is 5.60 Å². The van der Waals surface area contributed by atoms with Gasteiger partial charge in [0.15, 0.2) is 5.78 Å². The second-order valence-electron chi connectivity index (χ2n) is 8.72. The van der Waals surface area contributed by atoms with Gasteiger partial charge in [-0.05, 0) is 50.5 Å². The van der Waals surface area contributed by atoms with Crippen LogP contribution in [0.4, 0.5) is 4.79 Å². The summed E-state index contributed by atoms with van der Waals surface area (Å²) in [6.45, 7) is 6.58. The molecule has 4 rings (SSSR count). The zero-order valence-corrected chi connectivity index (χ0v) is 18.2. The van der Waals surface area contributed by atoms with Crippen LogP contribution in [-0.2, 0) is 4.74 Å². The van der Waals surface area contributed by atoms with E-state index in [4.69, 9.17) is 27.9 Å². The molecule has 2 aromatic carbocycles. The van der Waals surface area contributed by atoms with Crippen LogP contribution < -0.4 is 0 Å². The maximum Gasteiger partial charge on any atom is 0.410 e. The predicted molar refractivity (Wildman–Crippen MR) is 115 cm³/mol. The van der Waals surface area contributed by atoms with Crippen LogP contribution in [0.2, 0.25) is 10.0 Å². The van der Waals surface area contributed by atoms with Gasteiger partial charge in [0, 0.05) is 46.1 Å². The predicted octanol–water partition coefficient (Wildman–Crippen LogP) is 6.20. The molecule has 0 spiro atoms. The molecule has 1 aliphatic carbocycles. The van der Waals surface area contributed by atoms with Crippen molar-refractivity contribution in [1.82, 2.24) is 4.90 Å². The zero-order valence-electron chi connectivity index (χ0n) is 16.7. The lowest BCUT2D eigenvalue weighted by molar-refractivity contribution is 0.0164. The Bertz CT molecular complexity index is 996. The Morgan fingerprint density at radius 2 is 1.79 bits per heavy atom. The third-order valence-electron chi connectivity index (χ3n) is 5.56. The minimum atomic E-state index is -0.546. The number of likely N-dealkylation sites (tertiary alicyclic amines) is 1. The molecule has 1 fully saturated rings. The number of fused-ring (bicyclic) bond motifs is 3. The van der Waals surface area contributed by atoms with Gasteiger partial charge in [0.25, 0.3) is 0 Å². The maximum absolute atomic E-state index is 12.9. The van der Waals surface area contributed by atoms with E-state index in [2.05, 4.69) is 0 Å². The molecule has 6 heteroatoms. The van der Waals surface area contributed by atoms with Gasteiger partial charge in [0.2, 0.25) is 0 Å². The van der Waals surface area contributed by atoms with Crippen LogP contribution in [0.5, 0.6) is 0 Å². The van der Waals surface area contributed by atoms with Crippen molar-refractivity contribution in [3.05, 3.63) is 57.6 Å². The lowest BCUT2D eigenvalue weighted by atomic mass is 9.85. The van der Waals surface area contributed by atoms with E-state index in [1.807, 2.05) is 45.0 Å². The molecule has 0 N–H and O–H groups in total. The van der Waals surface area contributed by atoms with Crippen molar-refractivity contribution in [2.75, 3.05) is 13.1 Å². The molecule has 1 heterocycles. The fourth-order valence-electron chi connectivity index (χ4n) is 4.26. The number of nitrogens with zero attached hydrogens (tertiary/aromatic N) is 1. The van der Waals surface area contributed by atoms with E-state index in [-0.39, 0.29) is 23.7 Å². The van der Waals surface area contributed by atoms with E-state index in [1.165, 1.54) is 0 Å². The number of carbonyl (C=O) groups is 2. The molecule has 1 saturated heterocycles. The SMILES string of the molecule is CC(C)(C)OC(=O)N1CCC2C(=O)c3ccc(-c4ccc(Cl)cc4Cl)cc3C2C1. The Labute approximate surface area is 180 Å². The Kier molecular flexibility index (Phi) is 5.12.